The molecule has 0 aliphatic rings. The zero-order chi connectivity index (χ0) is 24.3. The van der Waals surface area contributed by atoms with Crippen LogP contribution in [0, 0.1) is 0 Å². The SMILES string of the molecule is CC.CC.CC(=O)CCc1ccc(-n2cc(CCCCC[N+](C)(C)C)nn2)cc1.CN. The summed E-state index contributed by atoms with van der Waals surface area (Å²) in [5, 5.41) is 8.52. The molecule has 0 bridgehead atoms. The zero-order valence-corrected chi connectivity index (χ0v) is 21.6. The van der Waals surface area contributed by atoms with E-state index in [-0.39, 0.29) is 5.78 Å². The van der Waals surface area contributed by atoms with E-state index in [0.29, 0.717) is 6.42 Å². The fourth-order valence-electron chi connectivity index (χ4n) is 2.74. The number of Topliss-reactive ketones (excluding diaryl/α,β-unsaturated/α-hetero) is 1. The highest BCUT2D eigenvalue weighted by Crippen LogP contribution is 2.12. The van der Waals surface area contributed by atoms with Gasteiger partial charge in [0.25, 0.3) is 0 Å². The Kier molecular flexibility index (Phi) is 18.8. The fourth-order valence-corrected chi connectivity index (χ4v) is 2.74. The largest absolute Gasteiger partial charge is 0.333 e. The van der Waals surface area contributed by atoms with Crippen molar-refractivity contribution in [2.24, 2.45) is 5.73 Å². The highest BCUT2D eigenvalue weighted by Gasteiger charge is 2.07. The third kappa shape index (κ3) is 15.4. The molecule has 0 amide bonds. The summed E-state index contributed by atoms with van der Waals surface area (Å²) in [6.07, 6.45) is 8.03. The molecular weight excluding hydrogens is 386 g/mol. The van der Waals surface area contributed by atoms with Gasteiger partial charge in [-0.05, 0) is 63.8 Å². The molecule has 0 fully saturated rings. The maximum absolute atomic E-state index is 11.1. The van der Waals surface area contributed by atoms with E-state index in [4.69, 9.17) is 0 Å². The number of hydrogen-bond acceptors (Lipinski definition) is 4. The highest BCUT2D eigenvalue weighted by molar-refractivity contribution is 5.75. The summed E-state index contributed by atoms with van der Waals surface area (Å²) in [5.41, 5.74) is 7.73. The molecule has 0 spiro atoms. The van der Waals surface area contributed by atoms with Crippen molar-refractivity contribution in [1.82, 2.24) is 15.0 Å². The lowest BCUT2D eigenvalue weighted by atomic mass is 10.1. The number of carbonyl (C=O) groups is 1. The number of aryl methyl sites for hydroxylation is 2. The number of aromatic nitrogens is 3. The molecule has 2 N–H and O–H groups in total. The Hall–Kier alpha value is -2.05. The van der Waals surface area contributed by atoms with Gasteiger partial charge in [0.15, 0.2) is 0 Å². The predicted molar refractivity (Wildman–Crippen MR) is 134 cm³/mol. The Morgan fingerprint density at radius 1 is 0.935 bits per heavy atom. The van der Waals surface area contributed by atoms with Crippen LogP contribution in [-0.4, -0.2) is 60.0 Å². The molecule has 0 radical (unpaired) electrons. The lowest BCUT2D eigenvalue weighted by Crippen LogP contribution is -2.35. The van der Waals surface area contributed by atoms with Crippen molar-refractivity contribution in [3.05, 3.63) is 41.7 Å². The number of carbonyl (C=O) groups excluding carboxylic acids is 1. The van der Waals surface area contributed by atoms with Crippen LogP contribution < -0.4 is 5.73 Å². The number of nitrogens with two attached hydrogens (primary N) is 1. The van der Waals surface area contributed by atoms with Crippen LogP contribution in [0.5, 0.6) is 0 Å². The van der Waals surface area contributed by atoms with Gasteiger partial charge in [-0.1, -0.05) is 45.0 Å². The standard InChI is InChI=1S/C20H31N4O.2C2H6.CH5N/c1-17(25)9-10-18-11-13-20(14-12-18)23-16-19(21-22-23)8-6-5-7-15-24(2,3)4;3*1-2/h11-14,16H,5-10,15H2,1-4H3;2*1-2H3;2H2,1H3/q+1;;;. The Balaban J connectivity index is 0. The first-order valence-electron chi connectivity index (χ1n) is 11.7. The van der Waals surface area contributed by atoms with Gasteiger partial charge in [0.05, 0.1) is 45.3 Å². The van der Waals surface area contributed by atoms with Crippen LogP contribution >= 0.6 is 0 Å². The van der Waals surface area contributed by atoms with Crippen LogP contribution in [0.25, 0.3) is 5.69 Å². The number of quaternary nitrogens is 1. The molecule has 0 aliphatic heterocycles. The first-order chi connectivity index (χ1) is 14.8. The van der Waals surface area contributed by atoms with E-state index < -0.39 is 0 Å². The maximum atomic E-state index is 11.1. The van der Waals surface area contributed by atoms with Gasteiger partial charge >= 0.3 is 0 Å². The van der Waals surface area contributed by atoms with Gasteiger partial charge in [0, 0.05) is 6.42 Å². The van der Waals surface area contributed by atoms with Gasteiger partial charge in [-0.25, -0.2) is 4.68 Å². The van der Waals surface area contributed by atoms with Crippen LogP contribution in [0.15, 0.2) is 30.5 Å². The molecule has 0 aliphatic carbocycles. The van der Waals surface area contributed by atoms with Crippen molar-refractivity contribution in [2.45, 2.75) is 73.1 Å². The lowest BCUT2D eigenvalue weighted by molar-refractivity contribution is -0.870. The molecule has 0 saturated carbocycles. The second-order valence-electron chi connectivity index (χ2n) is 7.85. The number of unbranched alkanes of at least 4 members (excludes halogenated alkanes) is 2. The van der Waals surface area contributed by atoms with Gasteiger partial charge in [-0.2, -0.15) is 0 Å². The van der Waals surface area contributed by atoms with Crippen LogP contribution in [0.3, 0.4) is 0 Å². The van der Waals surface area contributed by atoms with E-state index in [2.05, 4.69) is 49.3 Å². The molecular formula is C25H48N5O+. The smallest absolute Gasteiger partial charge is 0.130 e. The monoisotopic (exact) mass is 434 g/mol. The number of hydrogen-bond donors (Lipinski definition) is 1. The molecule has 0 atom stereocenters. The molecule has 0 saturated heterocycles. The summed E-state index contributed by atoms with van der Waals surface area (Å²) in [6, 6.07) is 8.19. The second kappa shape index (κ2) is 18.7. The molecule has 2 rings (SSSR count). The Bertz CT molecular complexity index is 672. The summed E-state index contributed by atoms with van der Waals surface area (Å²) in [5.74, 6) is 0.228. The van der Waals surface area contributed by atoms with E-state index in [1.165, 1.54) is 32.0 Å². The first-order valence-corrected chi connectivity index (χ1v) is 11.7. The number of rotatable bonds is 10. The molecule has 6 heteroatoms. The summed E-state index contributed by atoms with van der Waals surface area (Å²) < 4.78 is 2.86. The Labute approximate surface area is 191 Å². The average Bonchev–Trinajstić information content (AvgIpc) is 3.25. The van der Waals surface area contributed by atoms with Crippen molar-refractivity contribution < 1.29 is 9.28 Å². The minimum Gasteiger partial charge on any atom is -0.333 e. The summed E-state index contributed by atoms with van der Waals surface area (Å²) in [7, 11) is 8.20. The van der Waals surface area contributed by atoms with Crippen LogP contribution in [0.1, 0.15) is 71.6 Å². The predicted octanol–water partition coefficient (Wildman–Crippen LogP) is 4.84. The average molecular weight is 435 g/mol. The zero-order valence-electron chi connectivity index (χ0n) is 21.6. The minimum atomic E-state index is 0.228. The maximum Gasteiger partial charge on any atom is 0.130 e. The van der Waals surface area contributed by atoms with Crippen molar-refractivity contribution in [1.29, 1.82) is 0 Å². The van der Waals surface area contributed by atoms with E-state index in [1.807, 2.05) is 50.7 Å². The fraction of sp³-hybridized carbons (Fsp3) is 0.640. The summed E-state index contributed by atoms with van der Waals surface area (Å²) in [6.45, 7) is 10.8. The van der Waals surface area contributed by atoms with E-state index in [1.54, 1.807) is 6.92 Å². The quantitative estimate of drug-likeness (QED) is 0.429. The lowest BCUT2D eigenvalue weighted by Gasteiger charge is -2.23. The first kappa shape index (κ1) is 31.1. The normalized spacial score (nSPS) is 10.0. The molecule has 1 aromatic carbocycles. The summed E-state index contributed by atoms with van der Waals surface area (Å²) in [4.78, 5) is 11.1. The Morgan fingerprint density at radius 3 is 2.03 bits per heavy atom. The van der Waals surface area contributed by atoms with Gasteiger partial charge in [-0.3, -0.25) is 0 Å². The van der Waals surface area contributed by atoms with Crippen LogP contribution in [0.2, 0.25) is 0 Å². The molecule has 0 unspecified atom stereocenters. The van der Waals surface area contributed by atoms with E-state index in [0.717, 1.165) is 35.1 Å². The van der Waals surface area contributed by atoms with Gasteiger partial charge in [-0.15, -0.1) is 5.10 Å². The van der Waals surface area contributed by atoms with Crippen LogP contribution in [0.4, 0.5) is 0 Å². The second-order valence-corrected chi connectivity index (χ2v) is 7.85. The van der Waals surface area contributed by atoms with Crippen LogP contribution in [-0.2, 0) is 17.6 Å². The molecule has 1 heterocycles. The number of nitrogens with zero attached hydrogens (tertiary/aromatic N) is 4. The van der Waals surface area contributed by atoms with Gasteiger partial charge in [0.1, 0.15) is 5.78 Å². The van der Waals surface area contributed by atoms with Gasteiger partial charge in [0.2, 0.25) is 0 Å². The molecule has 178 valence electrons. The van der Waals surface area contributed by atoms with E-state index >= 15 is 0 Å². The Morgan fingerprint density at radius 2 is 1.52 bits per heavy atom. The minimum absolute atomic E-state index is 0.228. The molecule has 2 aromatic rings. The van der Waals surface area contributed by atoms with Crippen molar-refractivity contribution in [3.8, 4) is 5.69 Å². The highest BCUT2D eigenvalue weighted by atomic mass is 16.1. The van der Waals surface area contributed by atoms with Crippen molar-refractivity contribution in [2.75, 3.05) is 34.7 Å². The van der Waals surface area contributed by atoms with Gasteiger partial charge < -0.3 is 15.0 Å². The third-order valence-electron chi connectivity index (χ3n) is 4.27. The van der Waals surface area contributed by atoms with E-state index in [9.17, 15) is 4.79 Å². The molecule has 31 heavy (non-hydrogen) atoms. The summed E-state index contributed by atoms with van der Waals surface area (Å²) >= 11 is 0. The van der Waals surface area contributed by atoms with Crippen molar-refractivity contribution >= 4 is 5.78 Å². The molecule has 6 nitrogen and oxygen atoms in total. The third-order valence-corrected chi connectivity index (χ3v) is 4.27. The number of ketones is 1. The molecule has 1 aromatic heterocycles. The topological polar surface area (TPSA) is 73.8 Å². The van der Waals surface area contributed by atoms with Crippen molar-refractivity contribution in [3.63, 3.8) is 0 Å². The number of benzene rings is 1.